The zero-order chi connectivity index (χ0) is 31.9. The zero-order valence-electron chi connectivity index (χ0n) is 23.5. The molecule has 6 rings (SSSR count). The van der Waals surface area contributed by atoms with E-state index in [2.05, 4.69) is 25.3 Å². The van der Waals surface area contributed by atoms with Crippen LogP contribution in [0.5, 0.6) is 0 Å². The second-order valence-corrected chi connectivity index (χ2v) is 10.8. The van der Waals surface area contributed by atoms with Gasteiger partial charge >= 0.3 is 6.61 Å². The minimum atomic E-state index is -3.22. The third-order valence-electron chi connectivity index (χ3n) is 8.07. The maximum Gasteiger partial charge on any atom is 0.345 e. The average molecular weight is 626 g/mol. The number of H-pyrrole nitrogens is 1. The molecule has 1 fully saturated rings. The average Bonchev–Trinajstić information content (AvgIpc) is 3.71. The lowest BCUT2D eigenvalue weighted by Crippen LogP contribution is -2.50. The fourth-order valence-electron chi connectivity index (χ4n) is 5.92. The molecule has 1 aliphatic carbocycles. The molecule has 0 spiro atoms. The Morgan fingerprint density at radius 2 is 1.87 bits per heavy atom. The summed E-state index contributed by atoms with van der Waals surface area (Å²) in [5.74, 6) is -5.42. The van der Waals surface area contributed by atoms with E-state index in [9.17, 15) is 37.1 Å². The smallest absolute Gasteiger partial charge is 0.345 e. The van der Waals surface area contributed by atoms with Gasteiger partial charge in [-0.2, -0.15) is 17.6 Å². The van der Waals surface area contributed by atoms with Gasteiger partial charge in [0.2, 0.25) is 11.8 Å². The van der Waals surface area contributed by atoms with Gasteiger partial charge in [-0.1, -0.05) is 30.3 Å². The number of aromatic nitrogens is 2. The molecule has 1 aliphatic heterocycles. The molecule has 4 N–H and O–H groups in total. The number of benzene rings is 2. The molecule has 1 saturated heterocycles. The van der Waals surface area contributed by atoms with E-state index in [1.807, 2.05) is 0 Å². The van der Waals surface area contributed by atoms with Gasteiger partial charge in [0.05, 0.1) is 25.3 Å². The summed E-state index contributed by atoms with van der Waals surface area (Å²) in [7, 11) is 0. The molecule has 0 unspecified atom stereocenters. The third-order valence-corrected chi connectivity index (χ3v) is 8.07. The summed E-state index contributed by atoms with van der Waals surface area (Å²) in [4.78, 5) is 47.7. The predicted octanol–water partition coefficient (Wildman–Crippen LogP) is 3.47. The Kier molecular flexibility index (Phi) is 8.01. The van der Waals surface area contributed by atoms with Crippen molar-refractivity contribution in [3.8, 4) is 11.1 Å². The number of rotatable bonds is 9. The van der Waals surface area contributed by atoms with Crippen LogP contribution in [0, 0.1) is 0 Å². The Morgan fingerprint density at radius 3 is 2.62 bits per heavy atom. The van der Waals surface area contributed by atoms with Crippen molar-refractivity contribution in [2.75, 3.05) is 19.7 Å². The van der Waals surface area contributed by atoms with Crippen molar-refractivity contribution in [1.82, 2.24) is 25.5 Å². The van der Waals surface area contributed by atoms with Crippen LogP contribution in [-0.2, 0) is 20.2 Å². The van der Waals surface area contributed by atoms with Gasteiger partial charge < -0.3 is 30.4 Å². The molecule has 0 bridgehead atoms. The van der Waals surface area contributed by atoms with Gasteiger partial charge in [0.15, 0.2) is 0 Å². The molecule has 0 saturated carbocycles. The third kappa shape index (κ3) is 5.73. The Morgan fingerprint density at radius 1 is 1.09 bits per heavy atom. The van der Waals surface area contributed by atoms with Crippen LogP contribution < -0.4 is 10.6 Å². The van der Waals surface area contributed by atoms with Crippen molar-refractivity contribution in [2.45, 2.75) is 37.1 Å². The second-order valence-electron chi connectivity index (χ2n) is 10.8. The number of nitrogens with zero attached hydrogens (tertiary/aromatic N) is 2. The van der Waals surface area contributed by atoms with Crippen molar-refractivity contribution in [3.05, 3.63) is 89.4 Å². The molecule has 10 nitrogen and oxygen atoms in total. The van der Waals surface area contributed by atoms with Gasteiger partial charge in [-0.25, -0.2) is 0 Å². The lowest BCUT2D eigenvalue weighted by atomic mass is 10.0. The molecule has 3 heterocycles. The molecule has 2 aromatic carbocycles. The highest BCUT2D eigenvalue weighted by Gasteiger charge is 2.44. The van der Waals surface area contributed by atoms with Crippen LogP contribution in [-0.4, -0.2) is 76.1 Å². The van der Waals surface area contributed by atoms with Crippen molar-refractivity contribution in [2.24, 2.45) is 0 Å². The zero-order valence-corrected chi connectivity index (χ0v) is 23.5. The van der Waals surface area contributed by atoms with Crippen molar-refractivity contribution < 1.29 is 41.8 Å². The van der Waals surface area contributed by atoms with Crippen LogP contribution in [0.3, 0.4) is 0 Å². The van der Waals surface area contributed by atoms with Crippen LogP contribution >= 0.6 is 0 Å². The molecule has 14 heteroatoms. The van der Waals surface area contributed by atoms with Crippen LogP contribution in [0.4, 0.5) is 17.6 Å². The number of halogens is 4. The molecular weight excluding hydrogens is 598 g/mol. The number of carbonyl (C=O) groups excluding carboxylic acids is 3. The molecule has 2 aliphatic rings. The number of hydrogen-bond acceptors (Lipinski definition) is 6. The van der Waals surface area contributed by atoms with Crippen LogP contribution in [0.2, 0.25) is 0 Å². The number of likely N-dealkylation sites (tertiary alicyclic amines) is 1. The topological polar surface area (TPSA) is 137 Å². The minimum Gasteiger partial charge on any atom is -0.394 e. The van der Waals surface area contributed by atoms with E-state index in [1.54, 1.807) is 30.6 Å². The maximum atomic E-state index is 14.9. The van der Waals surface area contributed by atoms with Gasteiger partial charge in [0, 0.05) is 58.6 Å². The molecule has 234 valence electrons. The first-order chi connectivity index (χ1) is 21.6. The Balaban J connectivity index is 1.15. The first-order valence-electron chi connectivity index (χ1n) is 14.0. The van der Waals surface area contributed by atoms with Crippen LogP contribution in [0.1, 0.15) is 39.6 Å². The summed E-state index contributed by atoms with van der Waals surface area (Å²) in [5.41, 5.74) is 1.30. The molecule has 0 radical (unpaired) electrons. The molecule has 2 aromatic heterocycles. The maximum absolute atomic E-state index is 14.9. The monoisotopic (exact) mass is 625 g/mol. The number of aliphatic hydroxyl groups is 1. The molecular formula is C31H27F4N5O5. The van der Waals surface area contributed by atoms with Gasteiger partial charge in [-0.3, -0.25) is 19.4 Å². The molecule has 3 amide bonds. The summed E-state index contributed by atoms with van der Waals surface area (Å²) in [6.07, 6.45) is 1.76. The standard InChI is InChI=1S/C31H27F4N5O5/c32-30(33)45-18-11-26(29(44)39-25(15-41)24-10-17-12-36-8-7-23(17)38-24)40(14-18)27(42)13-37-28(43)16-5-6-22-20(9-16)19-3-1-2-4-21(19)31(22,34)35/h1-10,12,18,25-26,30,38,41H,11,13-15H2,(H,37,43)(H,39,44)/t18-,25-,26+/m1/s1. The normalized spacial score (nSPS) is 18.9. The van der Waals surface area contributed by atoms with Crippen molar-refractivity contribution in [3.63, 3.8) is 0 Å². The predicted molar refractivity (Wildman–Crippen MR) is 152 cm³/mol. The van der Waals surface area contributed by atoms with Gasteiger partial charge in [0.25, 0.3) is 11.8 Å². The number of aliphatic hydroxyl groups excluding tert-OH is 1. The first kappa shape index (κ1) is 30.2. The van der Waals surface area contributed by atoms with E-state index in [4.69, 9.17) is 0 Å². The van der Waals surface area contributed by atoms with Crippen molar-refractivity contribution >= 4 is 28.6 Å². The highest BCUT2D eigenvalue weighted by Crippen LogP contribution is 2.50. The van der Waals surface area contributed by atoms with Crippen LogP contribution in [0.15, 0.2) is 67.0 Å². The number of alkyl halides is 4. The number of ether oxygens (including phenoxy) is 1. The Hall–Kier alpha value is -4.82. The summed E-state index contributed by atoms with van der Waals surface area (Å²) in [6.45, 7) is -4.59. The number of hydrogen-bond donors (Lipinski definition) is 4. The first-order valence-corrected chi connectivity index (χ1v) is 14.0. The second kappa shape index (κ2) is 11.9. The summed E-state index contributed by atoms with van der Waals surface area (Å²) in [5, 5.41) is 15.8. The van der Waals surface area contributed by atoms with E-state index in [0.717, 1.165) is 10.3 Å². The highest BCUT2D eigenvalue weighted by atomic mass is 19.3. The fourth-order valence-corrected chi connectivity index (χ4v) is 5.92. The van der Waals surface area contributed by atoms with E-state index in [-0.39, 0.29) is 35.2 Å². The number of amides is 3. The number of carbonyl (C=O) groups is 3. The Bertz CT molecular complexity index is 1750. The lowest BCUT2D eigenvalue weighted by molar-refractivity contribution is -0.160. The largest absolute Gasteiger partial charge is 0.394 e. The summed E-state index contributed by atoms with van der Waals surface area (Å²) in [6, 6.07) is 11.0. The number of fused-ring (bicyclic) bond motifs is 4. The number of nitrogens with one attached hydrogen (secondary N) is 3. The van der Waals surface area contributed by atoms with Crippen LogP contribution in [0.25, 0.3) is 22.0 Å². The summed E-state index contributed by atoms with van der Waals surface area (Å²) >= 11 is 0. The fraction of sp³-hybridized carbons (Fsp3) is 0.290. The van der Waals surface area contributed by atoms with E-state index < -0.39 is 61.6 Å². The highest BCUT2D eigenvalue weighted by molar-refractivity contribution is 5.99. The van der Waals surface area contributed by atoms with Gasteiger partial charge in [-0.15, -0.1) is 0 Å². The van der Waals surface area contributed by atoms with E-state index >= 15 is 0 Å². The lowest BCUT2D eigenvalue weighted by Gasteiger charge is -2.25. The molecule has 3 atom stereocenters. The molecule has 4 aromatic rings. The van der Waals surface area contributed by atoms with Gasteiger partial charge in [0.1, 0.15) is 6.04 Å². The minimum absolute atomic E-state index is 0.0306. The van der Waals surface area contributed by atoms with Crippen molar-refractivity contribution in [1.29, 1.82) is 0 Å². The van der Waals surface area contributed by atoms with E-state index in [0.29, 0.717) is 16.8 Å². The van der Waals surface area contributed by atoms with E-state index in [1.165, 1.54) is 36.4 Å². The Labute approximate surface area is 253 Å². The quantitative estimate of drug-likeness (QED) is 0.211. The summed E-state index contributed by atoms with van der Waals surface area (Å²) < 4.78 is 60.4. The SMILES string of the molecule is O=C(NCC(=O)N1C[C@H](OC(F)F)C[C@H]1C(=O)N[C@H](CO)c1cc2cnccc2[nH]1)c1ccc2c(c1)-c1ccccc1C2(F)F. The molecule has 45 heavy (non-hydrogen) atoms. The number of pyridine rings is 1. The number of aromatic amines is 1. The van der Waals surface area contributed by atoms with Gasteiger partial charge in [-0.05, 0) is 35.4 Å².